The quantitative estimate of drug-likeness (QED) is 0.820. The van der Waals surface area contributed by atoms with E-state index in [1.165, 1.54) is 18.2 Å². The van der Waals surface area contributed by atoms with Crippen molar-refractivity contribution in [1.82, 2.24) is 4.90 Å². The first-order valence-corrected chi connectivity index (χ1v) is 8.49. The predicted octanol–water partition coefficient (Wildman–Crippen LogP) is 4.36. The lowest BCUT2D eigenvalue weighted by Gasteiger charge is -2.16. The first kappa shape index (κ1) is 15.3. The molecule has 1 amide bonds. The van der Waals surface area contributed by atoms with Gasteiger partial charge in [-0.3, -0.25) is 4.79 Å². The lowest BCUT2D eigenvalue weighted by molar-refractivity contribution is -0.131. The summed E-state index contributed by atoms with van der Waals surface area (Å²) in [5.41, 5.74) is 1.45. The number of hydrogen-bond acceptors (Lipinski definition) is 1. The molecule has 1 heterocycles. The molecule has 0 unspecified atom stereocenters. The van der Waals surface area contributed by atoms with Crippen LogP contribution < -0.4 is 0 Å². The summed E-state index contributed by atoms with van der Waals surface area (Å²) >= 11 is 0. The van der Waals surface area contributed by atoms with Crippen LogP contribution in [0.25, 0.3) is 11.1 Å². The van der Waals surface area contributed by atoms with Crippen LogP contribution in [0.15, 0.2) is 42.5 Å². The Morgan fingerprint density at radius 3 is 2.33 bits per heavy atom. The molecule has 4 heteroatoms. The van der Waals surface area contributed by atoms with E-state index < -0.39 is 11.6 Å². The van der Waals surface area contributed by atoms with Crippen molar-refractivity contribution in [2.45, 2.75) is 25.2 Å². The van der Waals surface area contributed by atoms with E-state index in [2.05, 4.69) is 0 Å². The van der Waals surface area contributed by atoms with Gasteiger partial charge in [0.1, 0.15) is 11.6 Å². The fraction of sp³-hybridized carbons (Fsp3) is 0.350. The smallest absolute Gasteiger partial charge is 0.226 e. The Hall–Kier alpha value is -2.23. The highest BCUT2D eigenvalue weighted by Crippen LogP contribution is 2.51. The van der Waals surface area contributed by atoms with Crippen molar-refractivity contribution in [3.63, 3.8) is 0 Å². The van der Waals surface area contributed by atoms with Gasteiger partial charge in [0.15, 0.2) is 0 Å². The van der Waals surface area contributed by atoms with E-state index in [0.717, 1.165) is 37.9 Å². The molecule has 0 aromatic heterocycles. The number of nitrogens with zero attached hydrogens (tertiary/aromatic N) is 1. The van der Waals surface area contributed by atoms with Gasteiger partial charge in [-0.15, -0.1) is 0 Å². The largest absolute Gasteiger partial charge is 0.342 e. The summed E-state index contributed by atoms with van der Waals surface area (Å²) in [6.45, 7) is 1.68. The zero-order valence-electron chi connectivity index (χ0n) is 13.3. The standard InChI is InChI=1S/C20H19F2NO/c21-17-8-5-9-18(22)19(17)14-7-2-1-6-13(14)15-12-16(15)20(24)23-10-3-4-11-23/h1-2,5-9,15-16H,3-4,10-12H2/t15-,16+/m0/s1. The molecule has 1 saturated carbocycles. The lowest BCUT2D eigenvalue weighted by atomic mass is 9.95. The molecule has 2 aliphatic rings. The Morgan fingerprint density at radius 2 is 1.62 bits per heavy atom. The Kier molecular flexibility index (Phi) is 3.83. The molecule has 0 radical (unpaired) electrons. The third-order valence-electron chi connectivity index (χ3n) is 5.12. The van der Waals surface area contributed by atoms with E-state index in [0.29, 0.717) is 5.56 Å². The summed E-state index contributed by atoms with van der Waals surface area (Å²) in [6, 6.07) is 11.2. The molecule has 4 rings (SSSR count). The van der Waals surface area contributed by atoms with Gasteiger partial charge in [-0.05, 0) is 48.4 Å². The summed E-state index contributed by atoms with van der Waals surface area (Å²) in [5.74, 6) is -0.912. The number of benzene rings is 2. The van der Waals surface area contributed by atoms with E-state index in [-0.39, 0.29) is 23.3 Å². The first-order chi connectivity index (χ1) is 11.7. The van der Waals surface area contributed by atoms with Crippen LogP contribution in [0, 0.1) is 17.6 Å². The maximum Gasteiger partial charge on any atom is 0.226 e. The summed E-state index contributed by atoms with van der Waals surface area (Å²) in [7, 11) is 0. The number of amides is 1. The van der Waals surface area contributed by atoms with Gasteiger partial charge < -0.3 is 4.90 Å². The number of halogens is 2. The molecule has 0 spiro atoms. The van der Waals surface area contributed by atoms with Crippen LogP contribution in [0.3, 0.4) is 0 Å². The molecule has 124 valence electrons. The van der Waals surface area contributed by atoms with Crippen LogP contribution in [-0.4, -0.2) is 23.9 Å². The molecule has 1 aliphatic heterocycles. The van der Waals surface area contributed by atoms with Crippen molar-refractivity contribution < 1.29 is 13.6 Å². The molecule has 0 N–H and O–H groups in total. The monoisotopic (exact) mass is 327 g/mol. The molecule has 2 fully saturated rings. The minimum Gasteiger partial charge on any atom is -0.342 e. The van der Waals surface area contributed by atoms with Gasteiger partial charge in [0, 0.05) is 19.0 Å². The fourth-order valence-corrected chi connectivity index (χ4v) is 3.79. The van der Waals surface area contributed by atoms with E-state index in [1.807, 2.05) is 17.0 Å². The van der Waals surface area contributed by atoms with Gasteiger partial charge in [0.25, 0.3) is 0 Å². The fourth-order valence-electron chi connectivity index (χ4n) is 3.79. The summed E-state index contributed by atoms with van der Waals surface area (Å²) in [4.78, 5) is 14.5. The second-order valence-electron chi connectivity index (χ2n) is 6.66. The molecular formula is C20H19F2NO. The molecule has 2 nitrogen and oxygen atoms in total. The lowest BCUT2D eigenvalue weighted by Crippen LogP contribution is -2.29. The highest BCUT2D eigenvalue weighted by Gasteiger charge is 2.47. The van der Waals surface area contributed by atoms with E-state index in [9.17, 15) is 13.6 Å². The van der Waals surface area contributed by atoms with Crippen LogP contribution in [0.2, 0.25) is 0 Å². The van der Waals surface area contributed by atoms with Crippen molar-refractivity contribution in [3.8, 4) is 11.1 Å². The zero-order chi connectivity index (χ0) is 16.7. The summed E-state index contributed by atoms with van der Waals surface area (Å²) in [5, 5.41) is 0. The second-order valence-corrected chi connectivity index (χ2v) is 6.66. The summed E-state index contributed by atoms with van der Waals surface area (Å²) < 4.78 is 28.4. The average Bonchev–Trinajstić information content (AvgIpc) is 3.18. The molecule has 24 heavy (non-hydrogen) atoms. The topological polar surface area (TPSA) is 20.3 Å². The molecule has 2 aromatic carbocycles. The van der Waals surface area contributed by atoms with Gasteiger partial charge in [-0.1, -0.05) is 30.3 Å². The third kappa shape index (κ3) is 2.60. The van der Waals surface area contributed by atoms with Crippen molar-refractivity contribution in [3.05, 3.63) is 59.7 Å². The molecular weight excluding hydrogens is 308 g/mol. The number of carbonyl (C=O) groups is 1. The average molecular weight is 327 g/mol. The van der Waals surface area contributed by atoms with Crippen LogP contribution in [0.5, 0.6) is 0 Å². The van der Waals surface area contributed by atoms with Crippen LogP contribution in [0.1, 0.15) is 30.7 Å². The number of likely N-dealkylation sites (tertiary alicyclic amines) is 1. The number of carbonyl (C=O) groups excluding carboxylic acids is 1. The zero-order valence-corrected chi connectivity index (χ0v) is 13.3. The first-order valence-electron chi connectivity index (χ1n) is 8.49. The van der Waals surface area contributed by atoms with Crippen LogP contribution >= 0.6 is 0 Å². The van der Waals surface area contributed by atoms with Gasteiger partial charge in [0.2, 0.25) is 5.91 Å². The van der Waals surface area contributed by atoms with Gasteiger partial charge >= 0.3 is 0 Å². The van der Waals surface area contributed by atoms with Crippen molar-refractivity contribution in [1.29, 1.82) is 0 Å². The van der Waals surface area contributed by atoms with E-state index in [1.54, 1.807) is 12.1 Å². The Balaban J connectivity index is 1.65. The number of hydrogen-bond donors (Lipinski definition) is 0. The van der Waals surface area contributed by atoms with Crippen LogP contribution in [-0.2, 0) is 4.79 Å². The van der Waals surface area contributed by atoms with Gasteiger partial charge in [-0.25, -0.2) is 8.78 Å². The maximum atomic E-state index is 14.2. The third-order valence-corrected chi connectivity index (χ3v) is 5.12. The maximum absolute atomic E-state index is 14.2. The van der Waals surface area contributed by atoms with Gasteiger partial charge in [-0.2, -0.15) is 0 Å². The Morgan fingerprint density at radius 1 is 0.958 bits per heavy atom. The highest BCUT2D eigenvalue weighted by atomic mass is 19.1. The molecule has 2 aromatic rings. The van der Waals surface area contributed by atoms with Crippen molar-refractivity contribution in [2.24, 2.45) is 5.92 Å². The highest BCUT2D eigenvalue weighted by molar-refractivity contribution is 5.84. The molecule has 1 saturated heterocycles. The molecule has 2 atom stereocenters. The van der Waals surface area contributed by atoms with Crippen molar-refractivity contribution in [2.75, 3.05) is 13.1 Å². The molecule has 0 bridgehead atoms. The molecule has 1 aliphatic carbocycles. The minimum atomic E-state index is -0.564. The van der Waals surface area contributed by atoms with E-state index >= 15 is 0 Å². The Labute approximate surface area is 140 Å². The van der Waals surface area contributed by atoms with Gasteiger partial charge in [0.05, 0.1) is 5.56 Å². The summed E-state index contributed by atoms with van der Waals surface area (Å²) in [6.07, 6.45) is 2.91. The second kappa shape index (κ2) is 6.00. The minimum absolute atomic E-state index is 0.00683. The van der Waals surface area contributed by atoms with Crippen molar-refractivity contribution >= 4 is 5.91 Å². The van der Waals surface area contributed by atoms with Crippen LogP contribution in [0.4, 0.5) is 8.78 Å². The SMILES string of the molecule is O=C([C@@H]1C[C@H]1c1ccccc1-c1c(F)cccc1F)N1CCCC1. The Bertz CT molecular complexity index is 763. The number of rotatable bonds is 3. The predicted molar refractivity (Wildman–Crippen MR) is 88.5 cm³/mol. The van der Waals surface area contributed by atoms with E-state index in [4.69, 9.17) is 0 Å². The normalized spacial score (nSPS) is 22.7.